The highest BCUT2D eigenvalue weighted by atomic mass is 16.2. The monoisotopic (exact) mass is 323 g/mol. The summed E-state index contributed by atoms with van der Waals surface area (Å²) in [5, 5.41) is 3.15. The summed E-state index contributed by atoms with van der Waals surface area (Å²) >= 11 is 0. The maximum Gasteiger partial charge on any atom is 0.237 e. The minimum atomic E-state index is -0.102. The summed E-state index contributed by atoms with van der Waals surface area (Å²) in [5.41, 5.74) is 0. The summed E-state index contributed by atoms with van der Waals surface area (Å²) in [5.74, 6) is 1.04. The van der Waals surface area contributed by atoms with Crippen LogP contribution in [0.2, 0.25) is 0 Å². The molecule has 1 unspecified atom stereocenters. The van der Waals surface area contributed by atoms with E-state index in [1.807, 2.05) is 18.7 Å². The van der Waals surface area contributed by atoms with E-state index in [1.54, 1.807) is 0 Å². The molecular formula is C18H33N3O2. The molecule has 0 radical (unpaired) electrons. The highest BCUT2D eigenvalue weighted by Gasteiger charge is 2.25. The fraction of sp³-hybridized carbons (Fsp3) is 0.889. The maximum atomic E-state index is 12.4. The van der Waals surface area contributed by atoms with Crippen molar-refractivity contribution < 1.29 is 9.59 Å². The van der Waals surface area contributed by atoms with Crippen molar-refractivity contribution in [2.24, 2.45) is 5.92 Å². The van der Waals surface area contributed by atoms with Crippen molar-refractivity contribution in [3.63, 3.8) is 0 Å². The lowest BCUT2D eigenvalue weighted by Gasteiger charge is -2.28. The van der Waals surface area contributed by atoms with Gasteiger partial charge in [-0.2, -0.15) is 0 Å². The summed E-state index contributed by atoms with van der Waals surface area (Å²) in [4.78, 5) is 28.4. The van der Waals surface area contributed by atoms with Crippen molar-refractivity contribution in [1.29, 1.82) is 0 Å². The number of hydrogen-bond acceptors (Lipinski definition) is 3. The van der Waals surface area contributed by atoms with Crippen LogP contribution in [-0.4, -0.2) is 60.4 Å². The predicted octanol–water partition coefficient (Wildman–Crippen LogP) is 2.02. The van der Waals surface area contributed by atoms with Crippen LogP contribution in [0, 0.1) is 5.92 Å². The maximum absolute atomic E-state index is 12.4. The van der Waals surface area contributed by atoms with Gasteiger partial charge in [0.15, 0.2) is 0 Å². The average molecular weight is 323 g/mol. The highest BCUT2D eigenvalue weighted by Crippen LogP contribution is 2.22. The fourth-order valence-corrected chi connectivity index (χ4v) is 3.75. The van der Waals surface area contributed by atoms with Crippen molar-refractivity contribution in [3.05, 3.63) is 0 Å². The number of nitrogens with one attached hydrogen (secondary N) is 1. The first-order valence-corrected chi connectivity index (χ1v) is 9.41. The van der Waals surface area contributed by atoms with Crippen LogP contribution in [-0.2, 0) is 9.59 Å². The van der Waals surface area contributed by atoms with E-state index in [4.69, 9.17) is 0 Å². The molecule has 0 aromatic rings. The molecule has 2 amide bonds. The lowest BCUT2D eigenvalue weighted by Crippen LogP contribution is -2.47. The second-order valence-corrected chi connectivity index (χ2v) is 7.05. The summed E-state index contributed by atoms with van der Waals surface area (Å²) in [6, 6.07) is -0.102. The van der Waals surface area contributed by atoms with Crippen LogP contribution < -0.4 is 5.32 Å². The number of amides is 2. The van der Waals surface area contributed by atoms with E-state index < -0.39 is 0 Å². The summed E-state index contributed by atoms with van der Waals surface area (Å²) < 4.78 is 0. The quantitative estimate of drug-likeness (QED) is 0.842. The van der Waals surface area contributed by atoms with Crippen LogP contribution >= 0.6 is 0 Å². The standard InChI is InChI=1S/C18H33N3O2/c1-3-17(22)21-11-7-10-20(12-13-21)15(2)18(23)19-14-16-8-5-4-6-9-16/h15-16H,3-14H2,1-2H3,(H,19,23). The molecule has 1 atom stereocenters. The molecule has 2 fully saturated rings. The van der Waals surface area contributed by atoms with Crippen molar-refractivity contribution in [3.8, 4) is 0 Å². The molecule has 1 aliphatic heterocycles. The molecule has 1 saturated carbocycles. The molecule has 1 heterocycles. The van der Waals surface area contributed by atoms with Gasteiger partial charge in [-0.1, -0.05) is 26.2 Å². The van der Waals surface area contributed by atoms with E-state index in [0.717, 1.165) is 39.1 Å². The molecule has 0 aromatic carbocycles. The van der Waals surface area contributed by atoms with E-state index in [-0.39, 0.29) is 17.9 Å². The molecule has 2 rings (SSSR count). The normalized spacial score (nSPS) is 22.4. The summed E-state index contributed by atoms with van der Waals surface area (Å²) in [6.07, 6.45) is 8.00. The molecule has 23 heavy (non-hydrogen) atoms. The van der Waals surface area contributed by atoms with Gasteiger partial charge in [-0.25, -0.2) is 0 Å². The minimum absolute atomic E-state index is 0.102. The second kappa shape index (κ2) is 9.26. The molecule has 1 N–H and O–H groups in total. The molecule has 5 nitrogen and oxygen atoms in total. The first-order chi connectivity index (χ1) is 11.1. The van der Waals surface area contributed by atoms with Gasteiger partial charge in [0, 0.05) is 39.1 Å². The van der Waals surface area contributed by atoms with E-state index in [1.165, 1.54) is 32.1 Å². The fourth-order valence-electron chi connectivity index (χ4n) is 3.75. The van der Waals surface area contributed by atoms with Gasteiger partial charge in [-0.3, -0.25) is 14.5 Å². The van der Waals surface area contributed by atoms with Gasteiger partial charge in [0.1, 0.15) is 0 Å². The smallest absolute Gasteiger partial charge is 0.237 e. The molecule has 0 aromatic heterocycles. The summed E-state index contributed by atoms with van der Waals surface area (Å²) in [6.45, 7) is 7.99. The van der Waals surface area contributed by atoms with Gasteiger partial charge in [0.05, 0.1) is 6.04 Å². The Labute approximate surface area is 140 Å². The van der Waals surface area contributed by atoms with Gasteiger partial charge in [-0.05, 0) is 32.1 Å². The van der Waals surface area contributed by atoms with Crippen LogP contribution in [0.15, 0.2) is 0 Å². The summed E-state index contributed by atoms with van der Waals surface area (Å²) in [7, 11) is 0. The van der Waals surface area contributed by atoms with Gasteiger partial charge < -0.3 is 10.2 Å². The number of nitrogens with zero attached hydrogens (tertiary/aromatic N) is 2. The van der Waals surface area contributed by atoms with E-state index >= 15 is 0 Å². The van der Waals surface area contributed by atoms with Crippen LogP contribution in [0.25, 0.3) is 0 Å². The van der Waals surface area contributed by atoms with Gasteiger partial charge >= 0.3 is 0 Å². The van der Waals surface area contributed by atoms with E-state index in [2.05, 4.69) is 10.2 Å². The number of hydrogen-bond donors (Lipinski definition) is 1. The van der Waals surface area contributed by atoms with Crippen molar-refractivity contribution in [1.82, 2.24) is 15.1 Å². The van der Waals surface area contributed by atoms with E-state index in [0.29, 0.717) is 12.3 Å². The van der Waals surface area contributed by atoms with Gasteiger partial charge in [0.25, 0.3) is 0 Å². The average Bonchev–Trinajstić information content (AvgIpc) is 2.85. The Hall–Kier alpha value is -1.10. The largest absolute Gasteiger partial charge is 0.354 e. The zero-order valence-corrected chi connectivity index (χ0v) is 14.9. The second-order valence-electron chi connectivity index (χ2n) is 7.05. The third-order valence-corrected chi connectivity index (χ3v) is 5.40. The molecular weight excluding hydrogens is 290 g/mol. The number of carbonyl (C=O) groups is 2. The molecule has 0 spiro atoms. The van der Waals surface area contributed by atoms with Crippen LogP contribution in [0.1, 0.15) is 58.8 Å². The Morgan fingerprint density at radius 2 is 1.78 bits per heavy atom. The Balaban J connectivity index is 1.76. The van der Waals surface area contributed by atoms with Crippen molar-refractivity contribution in [2.45, 2.75) is 64.8 Å². The first kappa shape index (κ1) is 18.2. The minimum Gasteiger partial charge on any atom is -0.354 e. The predicted molar refractivity (Wildman–Crippen MR) is 92.1 cm³/mol. The van der Waals surface area contributed by atoms with E-state index in [9.17, 15) is 9.59 Å². The molecule has 132 valence electrons. The zero-order valence-electron chi connectivity index (χ0n) is 14.9. The Morgan fingerprint density at radius 1 is 1.04 bits per heavy atom. The number of rotatable bonds is 5. The van der Waals surface area contributed by atoms with Crippen LogP contribution in [0.4, 0.5) is 0 Å². The van der Waals surface area contributed by atoms with Crippen molar-refractivity contribution in [2.75, 3.05) is 32.7 Å². The Morgan fingerprint density at radius 3 is 2.48 bits per heavy atom. The topological polar surface area (TPSA) is 52.7 Å². The zero-order chi connectivity index (χ0) is 16.7. The third-order valence-electron chi connectivity index (χ3n) is 5.40. The molecule has 5 heteroatoms. The lowest BCUT2D eigenvalue weighted by atomic mass is 9.89. The molecule has 0 bridgehead atoms. The molecule has 1 saturated heterocycles. The Kier molecular flexibility index (Phi) is 7.34. The molecule has 1 aliphatic carbocycles. The SMILES string of the molecule is CCC(=O)N1CCCN(C(C)C(=O)NCC2CCCCC2)CC1. The molecule has 2 aliphatic rings. The van der Waals surface area contributed by atoms with Crippen LogP contribution in [0.3, 0.4) is 0 Å². The first-order valence-electron chi connectivity index (χ1n) is 9.41. The highest BCUT2D eigenvalue weighted by molar-refractivity contribution is 5.81. The Bertz CT molecular complexity index is 394. The van der Waals surface area contributed by atoms with Crippen LogP contribution in [0.5, 0.6) is 0 Å². The van der Waals surface area contributed by atoms with Gasteiger partial charge in [-0.15, -0.1) is 0 Å². The third kappa shape index (κ3) is 5.48. The lowest BCUT2D eigenvalue weighted by molar-refractivity contribution is -0.130. The van der Waals surface area contributed by atoms with Gasteiger partial charge in [0.2, 0.25) is 11.8 Å². The number of carbonyl (C=O) groups excluding carboxylic acids is 2. The van der Waals surface area contributed by atoms with Crippen molar-refractivity contribution >= 4 is 11.8 Å².